The maximum Gasteiger partial charge on any atom is 3.00 e. The van der Waals surface area contributed by atoms with Crippen LogP contribution < -0.4 is 24.8 Å². The fourth-order valence-electron chi connectivity index (χ4n) is 1.16. The molecule has 0 heterocycles. The molecule has 4 heteroatoms. The van der Waals surface area contributed by atoms with Crippen LogP contribution in [0.5, 0.6) is 0 Å². The molecule has 0 bridgehead atoms. The minimum absolute atomic E-state index is 0. The van der Waals surface area contributed by atoms with Crippen LogP contribution in [0.25, 0.3) is 0 Å². The molecular formula is C9H13Cl2STi. The number of thioether (sulfide) groups is 1. The van der Waals surface area contributed by atoms with Crippen LogP contribution >= 0.6 is 11.8 Å². The number of rotatable bonds is 3. The van der Waals surface area contributed by atoms with Crippen LogP contribution in [0.1, 0.15) is 19.8 Å². The molecule has 0 aromatic rings. The normalized spacial score (nSPS) is 14.8. The molecule has 0 N–H and O–H groups in total. The summed E-state index contributed by atoms with van der Waals surface area (Å²) < 4.78 is 0. The quantitative estimate of drug-likeness (QED) is 0.386. The second-order valence-electron chi connectivity index (χ2n) is 2.37. The van der Waals surface area contributed by atoms with Gasteiger partial charge in [0.25, 0.3) is 0 Å². The van der Waals surface area contributed by atoms with E-state index in [1.807, 2.05) is 11.8 Å². The van der Waals surface area contributed by atoms with Crippen LogP contribution in [0.2, 0.25) is 0 Å². The average molecular weight is 272 g/mol. The van der Waals surface area contributed by atoms with Crippen molar-refractivity contribution in [1.82, 2.24) is 0 Å². The van der Waals surface area contributed by atoms with Crippen LogP contribution in [-0.4, -0.2) is 11.5 Å². The minimum atomic E-state index is 0. The van der Waals surface area contributed by atoms with E-state index in [1.165, 1.54) is 12.0 Å². The van der Waals surface area contributed by atoms with Crippen LogP contribution in [-0.2, 0) is 21.7 Å². The second-order valence-corrected chi connectivity index (χ2v) is 3.41. The summed E-state index contributed by atoms with van der Waals surface area (Å²) in [6, 6.07) is 0. The van der Waals surface area contributed by atoms with Gasteiger partial charge in [-0.05, 0) is 17.9 Å². The maximum atomic E-state index is 3.34. The molecule has 0 nitrogen and oxygen atoms in total. The van der Waals surface area contributed by atoms with Gasteiger partial charge in [0.1, 0.15) is 0 Å². The smallest absolute Gasteiger partial charge is 1.00 e. The molecule has 0 spiro atoms. The average Bonchev–Trinajstić information content (AvgIpc) is 2.43. The van der Waals surface area contributed by atoms with E-state index >= 15 is 0 Å². The Morgan fingerprint density at radius 2 is 2.15 bits per heavy atom. The van der Waals surface area contributed by atoms with Crippen molar-refractivity contribution in [2.75, 3.05) is 6.26 Å². The van der Waals surface area contributed by atoms with Gasteiger partial charge in [0.05, 0.1) is 0 Å². The van der Waals surface area contributed by atoms with Crippen LogP contribution in [0.15, 0.2) is 17.7 Å². The fraction of sp³-hybridized carbons (Fsp3) is 0.556. The van der Waals surface area contributed by atoms with E-state index in [-0.39, 0.29) is 46.5 Å². The van der Waals surface area contributed by atoms with Gasteiger partial charge < -0.3 is 24.8 Å². The fourth-order valence-corrected chi connectivity index (χ4v) is 1.91. The predicted octanol–water partition coefficient (Wildman–Crippen LogP) is -3.18. The monoisotopic (exact) mass is 271 g/mol. The SMILES string of the molecule is CCC(SC)C1=[C-]CC=C1.[Cl-].[Cl-].[Ti+3]. The maximum absolute atomic E-state index is 3.34. The van der Waals surface area contributed by atoms with E-state index in [9.17, 15) is 0 Å². The largest absolute Gasteiger partial charge is 3.00 e. The Morgan fingerprint density at radius 1 is 1.54 bits per heavy atom. The van der Waals surface area contributed by atoms with Gasteiger partial charge in [-0.2, -0.15) is 17.8 Å². The van der Waals surface area contributed by atoms with Crippen LogP contribution in [0.4, 0.5) is 0 Å². The van der Waals surface area contributed by atoms with Gasteiger partial charge >= 0.3 is 21.7 Å². The third-order valence-electron chi connectivity index (χ3n) is 1.72. The molecular weight excluding hydrogens is 259 g/mol. The van der Waals surface area contributed by atoms with Gasteiger partial charge in [-0.25, -0.2) is 11.6 Å². The number of halogens is 2. The van der Waals surface area contributed by atoms with E-state index in [2.05, 4.69) is 31.4 Å². The van der Waals surface area contributed by atoms with Crippen LogP contribution in [0.3, 0.4) is 0 Å². The molecule has 1 rings (SSSR count). The summed E-state index contributed by atoms with van der Waals surface area (Å²) in [5, 5.41) is 0.679. The summed E-state index contributed by atoms with van der Waals surface area (Å²) in [4.78, 5) is 0. The summed E-state index contributed by atoms with van der Waals surface area (Å²) in [6.45, 7) is 2.22. The predicted molar refractivity (Wildman–Crippen MR) is 48.1 cm³/mol. The molecule has 0 saturated carbocycles. The van der Waals surface area contributed by atoms with Gasteiger partial charge in [0, 0.05) is 0 Å². The molecule has 0 saturated heterocycles. The third kappa shape index (κ3) is 6.25. The molecule has 1 aliphatic carbocycles. The minimum Gasteiger partial charge on any atom is -1.00 e. The molecule has 1 aliphatic rings. The molecule has 0 aromatic heterocycles. The molecule has 0 fully saturated rings. The Bertz CT molecular complexity index is 165. The first-order valence-electron chi connectivity index (χ1n) is 3.68. The summed E-state index contributed by atoms with van der Waals surface area (Å²) >= 11 is 1.92. The summed E-state index contributed by atoms with van der Waals surface area (Å²) in [5.41, 5.74) is 1.40. The Kier molecular flexibility index (Phi) is 16.9. The third-order valence-corrected chi connectivity index (χ3v) is 2.88. The van der Waals surface area contributed by atoms with Crippen molar-refractivity contribution >= 4 is 11.8 Å². The first-order chi connectivity index (χ1) is 4.88. The van der Waals surface area contributed by atoms with Gasteiger partial charge in [-0.3, -0.25) is 6.08 Å². The summed E-state index contributed by atoms with van der Waals surface area (Å²) in [5.74, 6) is 0. The Hall–Kier alpha value is 1.12. The molecule has 0 amide bonds. The molecule has 1 atom stereocenters. The van der Waals surface area contributed by atoms with Gasteiger partial charge in [0.15, 0.2) is 0 Å². The second kappa shape index (κ2) is 11.2. The van der Waals surface area contributed by atoms with E-state index in [0.29, 0.717) is 5.25 Å². The molecule has 0 aromatic carbocycles. The van der Waals surface area contributed by atoms with Crippen molar-refractivity contribution in [3.05, 3.63) is 23.8 Å². The van der Waals surface area contributed by atoms with Crippen molar-refractivity contribution in [3.63, 3.8) is 0 Å². The zero-order chi connectivity index (χ0) is 7.40. The zero-order valence-electron chi connectivity index (χ0n) is 7.81. The van der Waals surface area contributed by atoms with E-state index < -0.39 is 0 Å². The van der Waals surface area contributed by atoms with E-state index in [4.69, 9.17) is 0 Å². The van der Waals surface area contributed by atoms with E-state index in [0.717, 1.165) is 6.42 Å². The molecule has 1 radical (unpaired) electrons. The van der Waals surface area contributed by atoms with Gasteiger partial charge in [-0.1, -0.05) is 6.92 Å². The molecule has 13 heavy (non-hydrogen) atoms. The molecule has 1 unspecified atom stereocenters. The van der Waals surface area contributed by atoms with Crippen molar-refractivity contribution in [3.8, 4) is 0 Å². The number of allylic oxidation sites excluding steroid dienone is 3. The topological polar surface area (TPSA) is 0 Å². The van der Waals surface area contributed by atoms with Gasteiger partial charge in [-0.15, -0.1) is 6.42 Å². The Balaban J connectivity index is -0.000000333. The standard InChI is InChI=1S/C9H13S.2ClH.Ti/c1-3-9(10-2)8-6-4-5-7-8;;;/h4,6,9H,3,5H2,1-2H3;2*1H;/q-1;;;+3/p-2. The Labute approximate surface area is 113 Å². The number of hydrogen-bond acceptors (Lipinski definition) is 1. The first-order valence-corrected chi connectivity index (χ1v) is 4.97. The van der Waals surface area contributed by atoms with Crippen molar-refractivity contribution in [1.29, 1.82) is 0 Å². The van der Waals surface area contributed by atoms with Crippen molar-refractivity contribution < 1.29 is 46.5 Å². The number of hydrogen-bond donors (Lipinski definition) is 0. The molecule has 73 valence electrons. The molecule has 0 aliphatic heterocycles. The van der Waals surface area contributed by atoms with Crippen molar-refractivity contribution in [2.24, 2.45) is 0 Å². The summed E-state index contributed by atoms with van der Waals surface area (Å²) in [7, 11) is 0. The van der Waals surface area contributed by atoms with Gasteiger partial charge in [0.2, 0.25) is 0 Å². The zero-order valence-corrected chi connectivity index (χ0v) is 11.7. The van der Waals surface area contributed by atoms with E-state index in [1.54, 1.807) is 0 Å². The summed E-state index contributed by atoms with van der Waals surface area (Å²) in [6.07, 6.45) is 12.1. The first kappa shape index (κ1) is 19.7. The van der Waals surface area contributed by atoms with Crippen molar-refractivity contribution in [2.45, 2.75) is 25.0 Å². The van der Waals surface area contributed by atoms with Crippen LogP contribution in [0, 0.1) is 6.08 Å². The Morgan fingerprint density at radius 3 is 2.46 bits per heavy atom.